The Balaban J connectivity index is 1.94. The third kappa shape index (κ3) is 2.49. The number of halogens is 1. The van der Waals surface area contributed by atoms with Gasteiger partial charge in [0.1, 0.15) is 5.75 Å². The average Bonchev–Trinajstić information content (AvgIpc) is 2.94. The molecule has 0 aromatic heterocycles. The smallest absolute Gasteiger partial charge is 0.122 e. The van der Waals surface area contributed by atoms with Crippen LogP contribution in [0.3, 0.4) is 0 Å². The number of hydrogen-bond donors (Lipinski definition) is 0. The van der Waals surface area contributed by atoms with Gasteiger partial charge in [0.05, 0.1) is 11.9 Å². The van der Waals surface area contributed by atoms with Crippen molar-refractivity contribution in [1.29, 1.82) is 0 Å². The van der Waals surface area contributed by atoms with Gasteiger partial charge in [-0.2, -0.15) is 0 Å². The Kier molecular flexibility index (Phi) is 3.84. The highest BCUT2D eigenvalue weighted by Gasteiger charge is 2.16. The monoisotopic (exact) mass is 330 g/mol. The van der Waals surface area contributed by atoms with Crippen molar-refractivity contribution in [3.05, 3.63) is 64.2 Å². The number of hydrogen-bond acceptors (Lipinski definition) is 1. The standard InChI is InChI=1S/C18H19BrO/c1-12-6-7-16(11-17(12)20-2)18(19)15-9-8-13-4-3-5-14(13)10-15/h6-11,18H,3-5H2,1-2H3. The molecule has 0 heterocycles. The summed E-state index contributed by atoms with van der Waals surface area (Å²) in [7, 11) is 1.73. The van der Waals surface area contributed by atoms with E-state index in [-0.39, 0.29) is 4.83 Å². The van der Waals surface area contributed by atoms with Crippen molar-refractivity contribution in [3.8, 4) is 5.75 Å². The first-order chi connectivity index (χ1) is 9.69. The van der Waals surface area contributed by atoms with Gasteiger partial charge in [0.25, 0.3) is 0 Å². The van der Waals surface area contributed by atoms with E-state index in [9.17, 15) is 0 Å². The van der Waals surface area contributed by atoms with E-state index >= 15 is 0 Å². The van der Waals surface area contributed by atoms with Crippen LogP contribution in [-0.2, 0) is 12.8 Å². The Bertz CT molecular complexity index is 622. The zero-order valence-corrected chi connectivity index (χ0v) is 13.5. The van der Waals surface area contributed by atoms with E-state index in [1.807, 2.05) is 0 Å². The van der Waals surface area contributed by atoms with E-state index < -0.39 is 0 Å². The van der Waals surface area contributed by atoms with Crippen LogP contribution in [0.4, 0.5) is 0 Å². The number of fused-ring (bicyclic) bond motifs is 1. The van der Waals surface area contributed by atoms with E-state index in [0.717, 1.165) is 5.75 Å². The zero-order valence-electron chi connectivity index (χ0n) is 11.9. The molecule has 1 atom stereocenters. The molecule has 0 radical (unpaired) electrons. The van der Waals surface area contributed by atoms with E-state index in [0.29, 0.717) is 0 Å². The molecule has 20 heavy (non-hydrogen) atoms. The number of ether oxygens (including phenoxy) is 1. The molecule has 1 aliphatic rings. The van der Waals surface area contributed by atoms with Crippen LogP contribution in [-0.4, -0.2) is 7.11 Å². The van der Waals surface area contributed by atoms with Crippen LogP contribution in [0, 0.1) is 6.92 Å². The molecule has 0 N–H and O–H groups in total. The van der Waals surface area contributed by atoms with Gasteiger partial charge in [-0.15, -0.1) is 0 Å². The Morgan fingerprint density at radius 3 is 2.50 bits per heavy atom. The summed E-state index contributed by atoms with van der Waals surface area (Å²) in [6.45, 7) is 2.07. The predicted octanol–water partition coefficient (Wildman–Crippen LogP) is 4.98. The number of alkyl halides is 1. The molecule has 0 aliphatic heterocycles. The third-order valence-electron chi connectivity index (χ3n) is 4.14. The fraction of sp³-hybridized carbons (Fsp3) is 0.333. The second-order valence-corrected chi connectivity index (χ2v) is 6.39. The van der Waals surface area contributed by atoms with Crippen LogP contribution in [0.1, 0.15) is 39.1 Å². The molecule has 0 spiro atoms. The Morgan fingerprint density at radius 2 is 1.70 bits per heavy atom. The largest absolute Gasteiger partial charge is 0.496 e. The molecule has 0 saturated heterocycles. The molecule has 0 bridgehead atoms. The van der Waals surface area contributed by atoms with Crippen LogP contribution >= 0.6 is 15.9 Å². The van der Waals surface area contributed by atoms with Crippen LogP contribution in [0.2, 0.25) is 0 Å². The van der Waals surface area contributed by atoms with Crippen LogP contribution in [0.25, 0.3) is 0 Å². The summed E-state index contributed by atoms with van der Waals surface area (Å²) in [6, 6.07) is 13.3. The van der Waals surface area contributed by atoms with Gasteiger partial charge in [-0.1, -0.05) is 46.3 Å². The molecule has 2 aromatic carbocycles. The maximum Gasteiger partial charge on any atom is 0.122 e. The highest BCUT2D eigenvalue weighted by atomic mass is 79.9. The summed E-state index contributed by atoms with van der Waals surface area (Å²) in [5.74, 6) is 0.952. The molecule has 1 nitrogen and oxygen atoms in total. The molecule has 0 amide bonds. The molecule has 2 aromatic rings. The van der Waals surface area contributed by atoms with Crippen molar-refractivity contribution in [1.82, 2.24) is 0 Å². The molecule has 104 valence electrons. The minimum atomic E-state index is 0.225. The molecule has 1 aliphatic carbocycles. The lowest BCUT2D eigenvalue weighted by Gasteiger charge is -2.14. The lowest BCUT2D eigenvalue weighted by molar-refractivity contribution is 0.411. The van der Waals surface area contributed by atoms with E-state index in [4.69, 9.17) is 4.74 Å². The normalized spacial score (nSPS) is 14.9. The molecule has 0 saturated carbocycles. The highest BCUT2D eigenvalue weighted by molar-refractivity contribution is 9.09. The summed E-state index contributed by atoms with van der Waals surface area (Å²) in [6.07, 6.45) is 3.76. The van der Waals surface area contributed by atoms with Crippen LogP contribution in [0.5, 0.6) is 5.75 Å². The van der Waals surface area contributed by atoms with Gasteiger partial charge in [-0.3, -0.25) is 0 Å². The van der Waals surface area contributed by atoms with Crippen molar-refractivity contribution >= 4 is 15.9 Å². The van der Waals surface area contributed by atoms with E-state index in [1.165, 1.54) is 47.1 Å². The molecule has 1 unspecified atom stereocenters. The Labute approximate surface area is 129 Å². The van der Waals surface area contributed by atoms with Crippen molar-refractivity contribution in [2.24, 2.45) is 0 Å². The topological polar surface area (TPSA) is 9.23 Å². The van der Waals surface area contributed by atoms with Crippen molar-refractivity contribution in [3.63, 3.8) is 0 Å². The minimum Gasteiger partial charge on any atom is -0.496 e. The van der Waals surface area contributed by atoms with Crippen molar-refractivity contribution < 1.29 is 4.74 Å². The Hall–Kier alpha value is -1.28. The van der Waals surface area contributed by atoms with Crippen LogP contribution < -0.4 is 4.74 Å². The van der Waals surface area contributed by atoms with E-state index in [2.05, 4.69) is 59.3 Å². The average molecular weight is 331 g/mol. The second kappa shape index (κ2) is 5.61. The molecule has 2 heteroatoms. The minimum absolute atomic E-state index is 0.225. The van der Waals surface area contributed by atoms with Gasteiger partial charge >= 0.3 is 0 Å². The van der Waals surface area contributed by atoms with Gasteiger partial charge < -0.3 is 4.74 Å². The lowest BCUT2D eigenvalue weighted by Crippen LogP contribution is -1.96. The van der Waals surface area contributed by atoms with Crippen molar-refractivity contribution in [2.75, 3.05) is 7.11 Å². The Morgan fingerprint density at radius 1 is 1.00 bits per heavy atom. The van der Waals surface area contributed by atoms with E-state index in [1.54, 1.807) is 7.11 Å². The summed E-state index contributed by atoms with van der Waals surface area (Å²) >= 11 is 3.83. The SMILES string of the molecule is COc1cc(C(Br)c2ccc3c(c2)CCC3)ccc1C. The lowest BCUT2D eigenvalue weighted by atomic mass is 9.99. The first-order valence-electron chi connectivity index (χ1n) is 7.09. The number of methoxy groups -OCH3 is 1. The van der Waals surface area contributed by atoms with Gasteiger partial charge in [-0.25, -0.2) is 0 Å². The third-order valence-corrected chi connectivity index (χ3v) is 5.20. The summed E-state index contributed by atoms with van der Waals surface area (Å²) in [5.41, 5.74) is 6.79. The molecule has 0 fully saturated rings. The zero-order chi connectivity index (χ0) is 14.1. The molecular formula is C18H19BrO. The van der Waals surface area contributed by atoms with Crippen molar-refractivity contribution in [2.45, 2.75) is 31.0 Å². The first-order valence-corrected chi connectivity index (χ1v) is 8.01. The number of aryl methyl sites for hydroxylation is 3. The summed E-state index contributed by atoms with van der Waals surface area (Å²) < 4.78 is 5.42. The maximum atomic E-state index is 5.42. The second-order valence-electron chi connectivity index (χ2n) is 5.47. The number of rotatable bonds is 3. The maximum absolute atomic E-state index is 5.42. The van der Waals surface area contributed by atoms with Gasteiger partial charge in [0.2, 0.25) is 0 Å². The predicted molar refractivity (Wildman–Crippen MR) is 87.0 cm³/mol. The summed E-state index contributed by atoms with van der Waals surface area (Å²) in [4.78, 5) is 0.225. The number of benzene rings is 2. The summed E-state index contributed by atoms with van der Waals surface area (Å²) in [5, 5.41) is 0. The fourth-order valence-electron chi connectivity index (χ4n) is 2.94. The quantitative estimate of drug-likeness (QED) is 0.721. The van der Waals surface area contributed by atoms with Gasteiger partial charge in [0.15, 0.2) is 0 Å². The first kappa shape index (κ1) is 13.7. The highest BCUT2D eigenvalue weighted by Crippen LogP contribution is 2.35. The van der Waals surface area contributed by atoms with Crippen LogP contribution in [0.15, 0.2) is 36.4 Å². The fourth-order valence-corrected chi connectivity index (χ4v) is 3.51. The molecule has 3 rings (SSSR count). The van der Waals surface area contributed by atoms with Gasteiger partial charge in [-0.05, 0) is 60.1 Å². The van der Waals surface area contributed by atoms with Gasteiger partial charge in [0, 0.05) is 0 Å². The molecular weight excluding hydrogens is 312 g/mol.